The van der Waals surface area contributed by atoms with Gasteiger partial charge in [0, 0.05) is 5.56 Å². The maximum Gasteiger partial charge on any atom is 0.339 e. The molecule has 0 radical (unpaired) electrons. The predicted molar refractivity (Wildman–Crippen MR) is 217 cm³/mol. The molecule has 8 rings (SSSR count). The zero-order valence-corrected chi connectivity index (χ0v) is 33.6. The number of aliphatic imine (C=N–C) groups is 1. The Kier molecular flexibility index (Phi) is 9.28. The second-order valence-electron chi connectivity index (χ2n) is 14.4. The van der Waals surface area contributed by atoms with Gasteiger partial charge in [-0.2, -0.15) is 13.5 Å². The van der Waals surface area contributed by atoms with Gasteiger partial charge in [0.2, 0.25) is 15.7 Å². The fourth-order valence-corrected chi connectivity index (χ4v) is 9.75. The Hall–Kier alpha value is -6.25. The SMILES string of the molecule is COc1cc([C@H]2c3c(C)nn(-c4ccc(S(=O)(=O)c5ccc(C(C)C)cc5)cc4)c3N=C3C(=O)Nc4ccccc4N32)ccc1OS(=O)(=O)c1cc(C)ccc1C. The zero-order valence-electron chi connectivity index (χ0n) is 32.0. The van der Waals surface area contributed by atoms with E-state index >= 15 is 0 Å². The van der Waals surface area contributed by atoms with Gasteiger partial charge in [0.15, 0.2) is 17.3 Å². The maximum absolute atomic E-state index is 13.8. The first-order valence-electron chi connectivity index (χ1n) is 18.2. The average Bonchev–Trinajstić information content (AvgIpc) is 3.53. The lowest BCUT2D eigenvalue weighted by molar-refractivity contribution is -0.110. The van der Waals surface area contributed by atoms with Gasteiger partial charge >= 0.3 is 10.1 Å². The van der Waals surface area contributed by atoms with E-state index in [0.29, 0.717) is 45.3 Å². The fourth-order valence-electron chi connectivity index (χ4n) is 7.23. The molecule has 0 unspecified atom stereocenters. The number of amides is 1. The van der Waals surface area contributed by atoms with Crippen LogP contribution in [0.4, 0.5) is 17.2 Å². The third-order valence-electron chi connectivity index (χ3n) is 10.2. The lowest BCUT2D eigenvalue weighted by Gasteiger charge is -2.40. The Balaban J connectivity index is 1.23. The average molecular weight is 802 g/mol. The van der Waals surface area contributed by atoms with Gasteiger partial charge in [-0.1, -0.05) is 56.3 Å². The molecule has 6 aromatic rings. The van der Waals surface area contributed by atoms with Crippen LogP contribution in [0.2, 0.25) is 0 Å². The van der Waals surface area contributed by atoms with Gasteiger partial charge in [0.25, 0.3) is 5.91 Å². The number of nitrogens with zero attached hydrogens (tertiary/aromatic N) is 4. The summed E-state index contributed by atoms with van der Waals surface area (Å²) >= 11 is 0. The molecule has 14 heteroatoms. The smallest absolute Gasteiger partial charge is 0.339 e. The molecule has 0 saturated heterocycles. The first-order chi connectivity index (χ1) is 27.2. The summed E-state index contributed by atoms with van der Waals surface area (Å²) in [6.45, 7) is 9.44. The maximum atomic E-state index is 13.8. The topological polar surface area (TPSA) is 149 Å². The van der Waals surface area contributed by atoms with Crippen molar-refractivity contribution in [1.82, 2.24) is 9.78 Å². The van der Waals surface area contributed by atoms with Crippen molar-refractivity contribution in [3.05, 3.63) is 143 Å². The third kappa shape index (κ3) is 6.53. The van der Waals surface area contributed by atoms with E-state index in [-0.39, 0.29) is 37.9 Å². The van der Waals surface area contributed by atoms with E-state index in [0.717, 1.165) is 11.1 Å². The highest BCUT2D eigenvalue weighted by molar-refractivity contribution is 7.91. The summed E-state index contributed by atoms with van der Waals surface area (Å²) in [5.41, 5.74) is 6.05. The summed E-state index contributed by atoms with van der Waals surface area (Å²) in [5.74, 6) is 0.445. The van der Waals surface area contributed by atoms with E-state index in [9.17, 15) is 21.6 Å². The number of ether oxygens (including phenoxy) is 1. The Morgan fingerprint density at radius 2 is 1.47 bits per heavy atom. The third-order valence-corrected chi connectivity index (χ3v) is 13.4. The molecule has 0 spiro atoms. The number of carbonyl (C=O) groups is 1. The quantitative estimate of drug-likeness (QED) is 0.143. The first-order valence-corrected chi connectivity index (χ1v) is 21.1. The summed E-state index contributed by atoms with van der Waals surface area (Å²) in [5, 5.41) is 7.82. The van der Waals surface area contributed by atoms with Gasteiger partial charge < -0.3 is 19.1 Å². The van der Waals surface area contributed by atoms with Crippen LogP contribution in [0.5, 0.6) is 11.5 Å². The molecule has 0 bridgehead atoms. The number of benzene rings is 5. The summed E-state index contributed by atoms with van der Waals surface area (Å²) < 4.78 is 67.3. The molecule has 0 fully saturated rings. The molecule has 2 aliphatic heterocycles. The number of carbonyl (C=O) groups excluding carboxylic acids is 1. The Morgan fingerprint density at radius 1 is 0.789 bits per heavy atom. The van der Waals surface area contributed by atoms with Crippen LogP contribution in [0.1, 0.15) is 59.3 Å². The molecule has 1 aromatic heterocycles. The van der Waals surface area contributed by atoms with Crippen LogP contribution in [-0.2, 0) is 24.7 Å². The molecule has 290 valence electrons. The van der Waals surface area contributed by atoms with Crippen molar-refractivity contribution in [3.8, 4) is 17.2 Å². The minimum absolute atomic E-state index is 0.0119. The highest BCUT2D eigenvalue weighted by Gasteiger charge is 2.43. The van der Waals surface area contributed by atoms with E-state index in [4.69, 9.17) is 19.0 Å². The van der Waals surface area contributed by atoms with Crippen molar-refractivity contribution in [2.75, 3.05) is 17.3 Å². The lowest BCUT2D eigenvalue weighted by Crippen LogP contribution is -2.48. The largest absolute Gasteiger partial charge is 0.493 e. The number of anilines is 2. The summed E-state index contributed by atoms with van der Waals surface area (Å²) in [7, 11) is -6.62. The number of methoxy groups -OCH3 is 1. The standard InChI is InChI=1S/C43H39N5O7S2/c1-25(2)29-13-18-32(19-14-29)56(50,51)33-20-16-31(17-21-33)48-41-39(28(5)46-48)40(47-35-10-8-7-9-34(35)44-43(49)42(47)45-41)30-15-22-36(37(24-30)54-6)55-57(52,53)38-23-26(3)11-12-27(38)4/h7-25,40H,1-6H3,(H,44,49)/t40-/m0/s1. The monoisotopic (exact) mass is 801 g/mol. The number of aryl methyl sites for hydroxylation is 3. The number of aromatic nitrogens is 2. The van der Waals surface area contributed by atoms with E-state index in [1.165, 1.54) is 25.3 Å². The molecule has 0 saturated carbocycles. The van der Waals surface area contributed by atoms with Crippen molar-refractivity contribution in [2.45, 2.75) is 61.3 Å². The van der Waals surface area contributed by atoms with Crippen molar-refractivity contribution >= 4 is 48.9 Å². The highest BCUT2D eigenvalue weighted by Crippen LogP contribution is 2.49. The molecular formula is C43H39N5O7S2. The van der Waals surface area contributed by atoms with Gasteiger partial charge in [-0.3, -0.25) is 4.79 Å². The van der Waals surface area contributed by atoms with Crippen LogP contribution in [0.3, 0.4) is 0 Å². The highest BCUT2D eigenvalue weighted by atomic mass is 32.2. The molecule has 3 heterocycles. The molecule has 57 heavy (non-hydrogen) atoms. The van der Waals surface area contributed by atoms with Crippen LogP contribution in [-0.4, -0.2) is 45.5 Å². The number of fused-ring (bicyclic) bond motifs is 4. The summed E-state index contributed by atoms with van der Waals surface area (Å²) in [6.07, 6.45) is 0. The molecule has 0 aliphatic carbocycles. The number of hydrogen-bond acceptors (Lipinski definition) is 10. The first kappa shape index (κ1) is 37.7. The number of para-hydroxylation sites is 2. The molecule has 12 nitrogen and oxygen atoms in total. The van der Waals surface area contributed by atoms with Crippen molar-refractivity contribution in [2.24, 2.45) is 4.99 Å². The van der Waals surface area contributed by atoms with Crippen LogP contribution < -0.4 is 19.1 Å². The van der Waals surface area contributed by atoms with E-state index in [1.807, 2.05) is 62.1 Å². The van der Waals surface area contributed by atoms with Crippen LogP contribution in [0, 0.1) is 20.8 Å². The van der Waals surface area contributed by atoms with E-state index < -0.39 is 31.9 Å². The van der Waals surface area contributed by atoms with Crippen molar-refractivity contribution in [3.63, 3.8) is 0 Å². The number of amidine groups is 1. The molecule has 2 aliphatic rings. The minimum Gasteiger partial charge on any atom is -0.493 e. The molecule has 1 N–H and O–H groups in total. The van der Waals surface area contributed by atoms with Gasteiger partial charge in [-0.15, -0.1) is 0 Å². The lowest BCUT2D eigenvalue weighted by atomic mass is 9.93. The summed E-state index contributed by atoms with van der Waals surface area (Å²) in [6, 6.07) is 30.0. The van der Waals surface area contributed by atoms with Crippen molar-refractivity contribution < 1.29 is 30.6 Å². The Bertz CT molecular complexity index is 2850. The van der Waals surface area contributed by atoms with Crippen LogP contribution >= 0.6 is 0 Å². The zero-order chi connectivity index (χ0) is 40.4. The fraction of sp³-hybridized carbons (Fsp3) is 0.186. The number of hydrogen-bond donors (Lipinski definition) is 1. The Labute approximate surface area is 331 Å². The Morgan fingerprint density at radius 3 is 2.16 bits per heavy atom. The van der Waals surface area contributed by atoms with Gasteiger partial charge in [-0.05, 0) is 116 Å². The molecule has 5 aromatic carbocycles. The summed E-state index contributed by atoms with van der Waals surface area (Å²) in [4.78, 5) is 20.9. The van der Waals surface area contributed by atoms with Gasteiger partial charge in [-0.25, -0.2) is 18.1 Å². The van der Waals surface area contributed by atoms with Crippen molar-refractivity contribution in [1.29, 1.82) is 0 Å². The molecule has 1 atom stereocenters. The normalized spacial score (nSPS) is 15.0. The predicted octanol–water partition coefficient (Wildman–Crippen LogP) is 8.12. The second-order valence-corrected chi connectivity index (χ2v) is 17.8. The van der Waals surface area contributed by atoms with Gasteiger partial charge in [0.1, 0.15) is 4.90 Å². The van der Waals surface area contributed by atoms with E-state index in [1.54, 1.807) is 73.1 Å². The van der Waals surface area contributed by atoms with E-state index in [2.05, 4.69) is 5.32 Å². The molecule has 1 amide bonds. The number of nitrogens with one attached hydrogen (secondary N) is 1. The van der Waals surface area contributed by atoms with Crippen LogP contribution in [0.15, 0.2) is 129 Å². The molecular weight excluding hydrogens is 763 g/mol. The van der Waals surface area contributed by atoms with Gasteiger partial charge in [0.05, 0.1) is 45.7 Å². The minimum atomic E-state index is -4.23. The number of sulfone groups is 1. The number of rotatable bonds is 9. The van der Waals surface area contributed by atoms with Crippen LogP contribution in [0.25, 0.3) is 5.69 Å². The second kappa shape index (κ2) is 14.0.